The molecule has 0 aromatic heterocycles. The number of benzene rings is 1. The van der Waals surface area contributed by atoms with E-state index in [1.165, 1.54) is 25.7 Å². The molecule has 128 valence electrons. The van der Waals surface area contributed by atoms with Crippen molar-refractivity contribution < 1.29 is 4.79 Å². The molecule has 1 fully saturated rings. The van der Waals surface area contributed by atoms with E-state index in [0.29, 0.717) is 18.2 Å². The lowest BCUT2D eigenvalue weighted by Gasteiger charge is -2.16. The number of amides is 1. The summed E-state index contributed by atoms with van der Waals surface area (Å²) < 4.78 is 0. The minimum absolute atomic E-state index is 0. The maximum Gasteiger partial charge on any atom is 0.251 e. The summed E-state index contributed by atoms with van der Waals surface area (Å²) in [5, 5.41) is 9.66. The Balaban J connectivity index is 0.00000264. The Morgan fingerprint density at radius 3 is 2.43 bits per heavy atom. The van der Waals surface area contributed by atoms with Crippen LogP contribution in [0.5, 0.6) is 0 Å². The monoisotopic (exact) mass is 430 g/mol. The van der Waals surface area contributed by atoms with Gasteiger partial charge in [-0.3, -0.25) is 9.79 Å². The van der Waals surface area contributed by atoms with Crippen molar-refractivity contribution in [3.8, 4) is 0 Å². The maximum absolute atomic E-state index is 11.9. The third-order valence-corrected chi connectivity index (χ3v) is 3.89. The molecule has 0 saturated heterocycles. The van der Waals surface area contributed by atoms with E-state index in [9.17, 15) is 4.79 Å². The van der Waals surface area contributed by atoms with Gasteiger partial charge >= 0.3 is 0 Å². The highest BCUT2D eigenvalue weighted by Crippen LogP contribution is 2.17. The van der Waals surface area contributed by atoms with E-state index in [0.717, 1.165) is 18.9 Å². The minimum atomic E-state index is -0.0194. The number of halogens is 1. The Morgan fingerprint density at radius 1 is 1.13 bits per heavy atom. The molecule has 1 aromatic carbocycles. The predicted octanol–water partition coefficient (Wildman–Crippen LogP) is 2.53. The zero-order valence-electron chi connectivity index (χ0n) is 13.7. The van der Waals surface area contributed by atoms with E-state index in [2.05, 4.69) is 20.9 Å². The maximum atomic E-state index is 11.9. The molecular formula is C17H27IN4O. The highest BCUT2D eigenvalue weighted by Gasteiger charge is 2.15. The molecule has 5 nitrogen and oxygen atoms in total. The van der Waals surface area contributed by atoms with Gasteiger partial charge in [0.15, 0.2) is 5.96 Å². The SMILES string of the molecule is CN=C(NCCCNC(=O)c1ccccc1)NC1CCCC1.I. The van der Waals surface area contributed by atoms with Crippen molar-refractivity contribution in [3.63, 3.8) is 0 Å². The molecule has 1 saturated carbocycles. The van der Waals surface area contributed by atoms with Gasteiger partial charge in [-0.2, -0.15) is 0 Å². The van der Waals surface area contributed by atoms with E-state index >= 15 is 0 Å². The van der Waals surface area contributed by atoms with Crippen LogP contribution in [-0.4, -0.2) is 38.0 Å². The average Bonchev–Trinajstić information content (AvgIpc) is 3.07. The Labute approximate surface area is 155 Å². The third-order valence-electron chi connectivity index (χ3n) is 3.89. The molecule has 0 radical (unpaired) electrons. The van der Waals surface area contributed by atoms with Crippen LogP contribution in [0.3, 0.4) is 0 Å². The van der Waals surface area contributed by atoms with Crippen LogP contribution in [0.4, 0.5) is 0 Å². The first kappa shape index (κ1) is 19.7. The smallest absolute Gasteiger partial charge is 0.251 e. The van der Waals surface area contributed by atoms with Crippen molar-refractivity contribution in [2.75, 3.05) is 20.1 Å². The van der Waals surface area contributed by atoms with Gasteiger partial charge in [0, 0.05) is 31.7 Å². The summed E-state index contributed by atoms with van der Waals surface area (Å²) >= 11 is 0. The van der Waals surface area contributed by atoms with Gasteiger partial charge in [0.1, 0.15) is 0 Å². The molecule has 0 heterocycles. The van der Waals surface area contributed by atoms with Gasteiger partial charge in [-0.25, -0.2) is 0 Å². The topological polar surface area (TPSA) is 65.5 Å². The fraction of sp³-hybridized carbons (Fsp3) is 0.529. The number of aliphatic imine (C=N–C) groups is 1. The molecule has 0 unspecified atom stereocenters. The van der Waals surface area contributed by atoms with Gasteiger partial charge in [0.2, 0.25) is 0 Å². The largest absolute Gasteiger partial charge is 0.356 e. The molecule has 1 amide bonds. The second-order valence-corrected chi connectivity index (χ2v) is 5.60. The molecular weight excluding hydrogens is 403 g/mol. The number of hydrogen-bond acceptors (Lipinski definition) is 2. The summed E-state index contributed by atoms with van der Waals surface area (Å²) in [6, 6.07) is 9.85. The lowest BCUT2D eigenvalue weighted by atomic mass is 10.2. The second kappa shape index (κ2) is 11.3. The first-order chi connectivity index (χ1) is 10.8. The zero-order chi connectivity index (χ0) is 15.6. The van der Waals surface area contributed by atoms with Gasteiger partial charge in [0.25, 0.3) is 5.91 Å². The second-order valence-electron chi connectivity index (χ2n) is 5.60. The van der Waals surface area contributed by atoms with Crippen LogP contribution >= 0.6 is 24.0 Å². The number of nitrogens with one attached hydrogen (secondary N) is 3. The quantitative estimate of drug-likeness (QED) is 0.281. The van der Waals surface area contributed by atoms with Gasteiger partial charge in [-0.05, 0) is 31.4 Å². The third kappa shape index (κ3) is 7.20. The van der Waals surface area contributed by atoms with E-state index in [1.54, 1.807) is 7.05 Å². The number of hydrogen-bond donors (Lipinski definition) is 3. The lowest BCUT2D eigenvalue weighted by Crippen LogP contribution is -2.43. The predicted molar refractivity (Wildman–Crippen MR) is 106 cm³/mol. The highest BCUT2D eigenvalue weighted by atomic mass is 127. The number of carbonyl (C=O) groups excluding carboxylic acids is 1. The van der Waals surface area contributed by atoms with Crippen molar-refractivity contribution in [1.82, 2.24) is 16.0 Å². The first-order valence-electron chi connectivity index (χ1n) is 8.10. The molecule has 0 spiro atoms. The van der Waals surface area contributed by atoms with Gasteiger partial charge in [-0.1, -0.05) is 31.0 Å². The fourth-order valence-corrected chi connectivity index (χ4v) is 2.65. The Morgan fingerprint density at radius 2 is 1.78 bits per heavy atom. The summed E-state index contributed by atoms with van der Waals surface area (Å²) in [4.78, 5) is 16.1. The summed E-state index contributed by atoms with van der Waals surface area (Å²) in [6.07, 6.45) is 5.94. The summed E-state index contributed by atoms with van der Waals surface area (Å²) in [6.45, 7) is 1.45. The number of rotatable bonds is 6. The van der Waals surface area contributed by atoms with Crippen LogP contribution in [0.25, 0.3) is 0 Å². The van der Waals surface area contributed by atoms with Gasteiger partial charge in [-0.15, -0.1) is 24.0 Å². The number of carbonyl (C=O) groups is 1. The summed E-state index contributed by atoms with van der Waals surface area (Å²) in [5.41, 5.74) is 0.703. The molecule has 23 heavy (non-hydrogen) atoms. The molecule has 2 rings (SSSR count). The minimum Gasteiger partial charge on any atom is -0.356 e. The van der Waals surface area contributed by atoms with Crippen LogP contribution in [0, 0.1) is 0 Å². The zero-order valence-corrected chi connectivity index (χ0v) is 16.0. The molecule has 3 N–H and O–H groups in total. The van der Waals surface area contributed by atoms with E-state index in [-0.39, 0.29) is 29.9 Å². The summed E-state index contributed by atoms with van der Waals surface area (Å²) in [7, 11) is 1.79. The van der Waals surface area contributed by atoms with Crippen molar-refractivity contribution in [2.45, 2.75) is 38.1 Å². The van der Waals surface area contributed by atoms with Gasteiger partial charge in [0.05, 0.1) is 0 Å². The summed E-state index contributed by atoms with van der Waals surface area (Å²) in [5.74, 6) is 0.843. The first-order valence-corrected chi connectivity index (χ1v) is 8.10. The molecule has 0 atom stereocenters. The van der Waals surface area contributed by atoms with Crippen LogP contribution < -0.4 is 16.0 Å². The van der Waals surface area contributed by atoms with E-state index in [1.807, 2.05) is 30.3 Å². The number of guanidine groups is 1. The van der Waals surface area contributed by atoms with Crippen molar-refractivity contribution in [1.29, 1.82) is 0 Å². The fourth-order valence-electron chi connectivity index (χ4n) is 2.65. The van der Waals surface area contributed by atoms with Crippen LogP contribution in [0.15, 0.2) is 35.3 Å². The molecule has 6 heteroatoms. The lowest BCUT2D eigenvalue weighted by molar-refractivity contribution is 0.0953. The van der Waals surface area contributed by atoms with Crippen molar-refractivity contribution >= 4 is 35.8 Å². The average molecular weight is 430 g/mol. The Bertz CT molecular complexity index is 487. The molecule has 1 aliphatic rings. The molecule has 0 aliphatic heterocycles. The van der Waals surface area contributed by atoms with E-state index < -0.39 is 0 Å². The van der Waals surface area contributed by atoms with Crippen LogP contribution in [0.1, 0.15) is 42.5 Å². The van der Waals surface area contributed by atoms with Crippen LogP contribution in [-0.2, 0) is 0 Å². The Kier molecular flexibility index (Phi) is 9.66. The molecule has 1 aliphatic carbocycles. The van der Waals surface area contributed by atoms with Crippen LogP contribution in [0.2, 0.25) is 0 Å². The highest BCUT2D eigenvalue weighted by molar-refractivity contribution is 14.0. The molecule has 1 aromatic rings. The normalized spacial score (nSPS) is 14.9. The Hall–Kier alpha value is -1.31. The standard InChI is InChI=1S/C17H26N4O.HI/c1-18-17(21-15-10-5-6-11-15)20-13-7-12-19-16(22)14-8-3-2-4-9-14;/h2-4,8-9,15H,5-7,10-13H2,1H3,(H,19,22)(H2,18,20,21);1H. The van der Waals surface area contributed by atoms with E-state index in [4.69, 9.17) is 0 Å². The van der Waals surface area contributed by atoms with Gasteiger partial charge < -0.3 is 16.0 Å². The van der Waals surface area contributed by atoms with Crippen molar-refractivity contribution in [3.05, 3.63) is 35.9 Å². The number of nitrogens with zero attached hydrogens (tertiary/aromatic N) is 1. The van der Waals surface area contributed by atoms with Crippen molar-refractivity contribution in [2.24, 2.45) is 4.99 Å². The molecule has 0 bridgehead atoms.